The van der Waals surface area contributed by atoms with E-state index in [1.54, 1.807) is 7.05 Å². The first-order chi connectivity index (χ1) is 9.72. The normalized spacial score (nSPS) is 11.8. The van der Waals surface area contributed by atoms with Crippen molar-refractivity contribution in [3.05, 3.63) is 11.9 Å². The molecule has 0 amide bonds. The highest BCUT2D eigenvalue weighted by molar-refractivity contribution is 4.95. The average molecular weight is 291 g/mol. The molecule has 0 aromatic rings. The van der Waals surface area contributed by atoms with Crippen LogP contribution in [-0.4, -0.2) is 64.9 Å². The SMILES string of the molecule is CCOCCOCCOCCOCC/C(=C/N)N(C)N. The van der Waals surface area contributed by atoms with Gasteiger partial charge in [0.15, 0.2) is 0 Å². The van der Waals surface area contributed by atoms with E-state index in [-0.39, 0.29) is 0 Å². The lowest BCUT2D eigenvalue weighted by molar-refractivity contribution is -0.000470. The maximum atomic E-state index is 5.57. The van der Waals surface area contributed by atoms with E-state index in [1.807, 2.05) is 6.92 Å². The molecule has 0 unspecified atom stereocenters. The highest BCUT2D eigenvalue weighted by Gasteiger charge is 1.99. The number of hydrazine groups is 1. The van der Waals surface area contributed by atoms with Crippen molar-refractivity contribution in [3.63, 3.8) is 0 Å². The summed E-state index contributed by atoms with van der Waals surface area (Å²) in [6.07, 6.45) is 2.17. The van der Waals surface area contributed by atoms with E-state index >= 15 is 0 Å². The molecule has 0 aliphatic carbocycles. The Morgan fingerprint density at radius 1 is 0.900 bits per heavy atom. The fraction of sp³-hybridized carbons (Fsp3) is 0.846. The Kier molecular flexibility index (Phi) is 13.9. The van der Waals surface area contributed by atoms with Crippen LogP contribution in [0.4, 0.5) is 0 Å². The summed E-state index contributed by atoms with van der Waals surface area (Å²) in [6.45, 7) is 6.72. The van der Waals surface area contributed by atoms with Crippen molar-refractivity contribution in [2.24, 2.45) is 11.6 Å². The second-order valence-electron chi connectivity index (χ2n) is 4.05. The number of nitrogens with two attached hydrogens (primary N) is 2. The summed E-state index contributed by atoms with van der Waals surface area (Å²) in [5.41, 5.74) is 6.27. The van der Waals surface area contributed by atoms with Crippen molar-refractivity contribution in [2.45, 2.75) is 13.3 Å². The fourth-order valence-corrected chi connectivity index (χ4v) is 1.36. The van der Waals surface area contributed by atoms with E-state index < -0.39 is 0 Å². The number of rotatable bonds is 14. The topological polar surface area (TPSA) is 92.2 Å². The average Bonchev–Trinajstić information content (AvgIpc) is 2.43. The van der Waals surface area contributed by atoms with Crippen LogP contribution in [0.2, 0.25) is 0 Å². The first kappa shape index (κ1) is 19.1. The lowest BCUT2D eigenvalue weighted by Crippen LogP contribution is -2.26. The summed E-state index contributed by atoms with van der Waals surface area (Å²) >= 11 is 0. The van der Waals surface area contributed by atoms with Gasteiger partial charge in [0, 0.05) is 32.0 Å². The first-order valence-electron chi connectivity index (χ1n) is 6.92. The molecule has 7 heteroatoms. The predicted octanol–water partition coefficient (Wildman–Crippen LogP) is 0.0684. The zero-order chi connectivity index (χ0) is 15.1. The smallest absolute Gasteiger partial charge is 0.0701 e. The molecule has 0 aromatic heterocycles. The van der Waals surface area contributed by atoms with Crippen molar-refractivity contribution in [1.29, 1.82) is 0 Å². The third-order valence-electron chi connectivity index (χ3n) is 2.47. The Labute approximate surface area is 121 Å². The molecule has 0 fully saturated rings. The van der Waals surface area contributed by atoms with Crippen molar-refractivity contribution in [3.8, 4) is 0 Å². The lowest BCUT2D eigenvalue weighted by atomic mass is 10.3. The zero-order valence-corrected chi connectivity index (χ0v) is 12.7. The first-order valence-corrected chi connectivity index (χ1v) is 6.92. The van der Waals surface area contributed by atoms with Crippen molar-refractivity contribution in [1.82, 2.24) is 5.01 Å². The molecule has 7 nitrogen and oxygen atoms in total. The summed E-state index contributed by atoms with van der Waals surface area (Å²) in [5.74, 6) is 5.57. The van der Waals surface area contributed by atoms with Crippen molar-refractivity contribution in [2.75, 3.05) is 59.9 Å². The molecule has 0 heterocycles. The van der Waals surface area contributed by atoms with Crippen LogP contribution < -0.4 is 11.6 Å². The van der Waals surface area contributed by atoms with Gasteiger partial charge in [-0.25, -0.2) is 5.84 Å². The highest BCUT2D eigenvalue weighted by atomic mass is 16.6. The number of hydrogen-bond acceptors (Lipinski definition) is 7. The summed E-state index contributed by atoms with van der Waals surface area (Å²) in [4.78, 5) is 0. The van der Waals surface area contributed by atoms with Crippen LogP contribution in [-0.2, 0) is 18.9 Å². The third-order valence-corrected chi connectivity index (χ3v) is 2.47. The van der Waals surface area contributed by atoms with Crippen LogP contribution in [0.3, 0.4) is 0 Å². The minimum atomic E-state index is 0.547. The Morgan fingerprint density at radius 2 is 1.35 bits per heavy atom. The van der Waals surface area contributed by atoms with E-state index in [9.17, 15) is 0 Å². The van der Waals surface area contributed by atoms with Gasteiger partial charge in [0.05, 0.1) is 46.2 Å². The fourth-order valence-electron chi connectivity index (χ4n) is 1.36. The summed E-state index contributed by atoms with van der Waals surface area (Å²) in [5, 5.41) is 1.49. The van der Waals surface area contributed by atoms with Gasteiger partial charge in [0.1, 0.15) is 0 Å². The van der Waals surface area contributed by atoms with E-state index in [0.717, 1.165) is 12.3 Å². The van der Waals surface area contributed by atoms with Crippen LogP contribution >= 0.6 is 0 Å². The molecule has 20 heavy (non-hydrogen) atoms. The predicted molar refractivity (Wildman–Crippen MR) is 77.8 cm³/mol. The van der Waals surface area contributed by atoms with Crippen LogP contribution in [0.1, 0.15) is 13.3 Å². The van der Waals surface area contributed by atoms with Gasteiger partial charge in [-0.3, -0.25) is 0 Å². The van der Waals surface area contributed by atoms with E-state index in [2.05, 4.69) is 0 Å². The van der Waals surface area contributed by atoms with Crippen molar-refractivity contribution >= 4 is 0 Å². The summed E-state index contributed by atoms with van der Waals surface area (Å²) in [6, 6.07) is 0. The Bertz CT molecular complexity index is 238. The molecule has 0 bridgehead atoms. The summed E-state index contributed by atoms with van der Waals surface area (Å²) < 4.78 is 21.2. The quantitative estimate of drug-likeness (QED) is 0.266. The van der Waals surface area contributed by atoms with Crippen LogP contribution in [0.15, 0.2) is 11.9 Å². The van der Waals surface area contributed by atoms with E-state index in [4.69, 9.17) is 30.5 Å². The number of ether oxygens (including phenoxy) is 4. The molecule has 0 rings (SSSR count). The van der Waals surface area contributed by atoms with Gasteiger partial charge in [-0.1, -0.05) is 0 Å². The highest BCUT2D eigenvalue weighted by Crippen LogP contribution is 2.00. The number of nitrogens with zero attached hydrogens (tertiary/aromatic N) is 1. The molecule has 0 radical (unpaired) electrons. The van der Waals surface area contributed by atoms with Gasteiger partial charge in [0.2, 0.25) is 0 Å². The van der Waals surface area contributed by atoms with Gasteiger partial charge in [-0.2, -0.15) is 0 Å². The minimum Gasteiger partial charge on any atom is -0.403 e. The van der Waals surface area contributed by atoms with Gasteiger partial charge in [-0.15, -0.1) is 0 Å². The van der Waals surface area contributed by atoms with Crippen molar-refractivity contribution < 1.29 is 18.9 Å². The van der Waals surface area contributed by atoms with Crippen LogP contribution in [0, 0.1) is 0 Å². The van der Waals surface area contributed by atoms with E-state index in [1.165, 1.54) is 11.2 Å². The molecular weight excluding hydrogens is 262 g/mol. The molecule has 0 aromatic carbocycles. The molecule has 0 spiro atoms. The maximum Gasteiger partial charge on any atom is 0.0701 e. The maximum absolute atomic E-state index is 5.57. The Hall–Kier alpha value is -0.860. The molecule has 0 saturated heterocycles. The zero-order valence-electron chi connectivity index (χ0n) is 12.7. The van der Waals surface area contributed by atoms with Crippen LogP contribution in [0.5, 0.6) is 0 Å². The molecule has 0 aliphatic rings. The second kappa shape index (κ2) is 14.5. The Balaban J connectivity index is 3.17. The third kappa shape index (κ3) is 12.2. The summed E-state index contributed by atoms with van der Waals surface area (Å²) in [7, 11) is 1.74. The number of hydrogen-bond donors (Lipinski definition) is 2. The van der Waals surface area contributed by atoms with Crippen LogP contribution in [0.25, 0.3) is 0 Å². The standard InChI is InChI=1S/C13H29N3O4/c1-3-17-6-7-19-10-11-20-9-8-18-5-4-13(12-14)16(2)15/h12H,3-11,14-15H2,1-2H3/b13-12-. The molecule has 0 aliphatic heterocycles. The van der Waals surface area contributed by atoms with Gasteiger partial charge >= 0.3 is 0 Å². The molecule has 4 N–H and O–H groups in total. The minimum absolute atomic E-state index is 0.547. The Morgan fingerprint density at radius 3 is 1.75 bits per heavy atom. The molecule has 0 atom stereocenters. The molecule has 120 valence electrons. The van der Waals surface area contributed by atoms with E-state index in [0.29, 0.717) is 52.7 Å². The molecular formula is C13H29N3O4. The lowest BCUT2D eigenvalue weighted by Gasteiger charge is -2.15. The van der Waals surface area contributed by atoms with Gasteiger partial charge in [-0.05, 0) is 6.92 Å². The largest absolute Gasteiger partial charge is 0.403 e. The van der Waals surface area contributed by atoms with Gasteiger partial charge in [0.25, 0.3) is 0 Å². The molecule has 0 saturated carbocycles. The second-order valence-corrected chi connectivity index (χ2v) is 4.05. The monoisotopic (exact) mass is 291 g/mol. The van der Waals surface area contributed by atoms with Gasteiger partial charge < -0.3 is 29.7 Å².